The number of rotatable bonds is 6. The van der Waals surface area contributed by atoms with Crippen molar-refractivity contribution in [3.63, 3.8) is 0 Å². The summed E-state index contributed by atoms with van der Waals surface area (Å²) in [5, 5.41) is -6.18. The molecule has 232 valence electrons. The van der Waals surface area contributed by atoms with E-state index in [-0.39, 0.29) is 16.5 Å². The highest BCUT2D eigenvalue weighted by Crippen LogP contribution is 2.54. The number of hydrogen-bond acceptors (Lipinski definition) is 5. The molecule has 0 saturated heterocycles. The number of aryl methyl sites for hydroxylation is 2. The zero-order valence-electron chi connectivity index (χ0n) is 21.8. The smallest absolute Gasteiger partial charge is 0.460 e. The Labute approximate surface area is 241 Å². The maximum Gasteiger partial charge on any atom is 0.460 e. The molecule has 0 N–H and O–H groups in total. The minimum absolute atomic E-state index is 0.256. The van der Waals surface area contributed by atoms with E-state index in [0.717, 1.165) is 10.3 Å². The average Bonchev–Trinajstić information content (AvgIpc) is 2.89. The Morgan fingerprint density at radius 2 is 1.07 bits per heavy atom. The van der Waals surface area contributed by atoms with Gasteiger partial charge < -0.3 is 8.97 Å². The van der Waals surface area contributed by atoms with Crippen LogP contribution in [0.1, 0.15) is 11.1 Å². The maximum atomic E-state index is 12.2. The normalized spacial score (nSPS) is 13.1. The summed E-state index contributed by atoms with van der Waals surface area (Å²) in [5.74, 6) is -14.8. The Balaban J connectivity index is 0.000000261. The minimum Gasteiger partial charge on any atom is -0.743 e. The molecule has 0 aliphatic heterocycles. The van der Waals surface area contributed by atoms with Crippen LogP contribution in [0.5, 0.6) is 0 Å². The second kappa shape index (κ2) is 11.9. The molecule has 0 saturated carbocycles. The van der Waals surface area contributed by atoms with Gasteiger partial charge in [0.15, 0.2) is 24.8 Å². The fraction of sp³-hybridized carbons (Fsp3) is 0.222. The van der Waals surface area contributed by atoms with Gasteiger partial charge in [0.05, 0.1) is 10.9 Å². The molecule has 4 aromatic rings. The van der Waals surface area contributed by atoms with Gasteiger partial charge in [0.2, 0.25) is 0 Å². The van der Waals surface area contributed by atoms with Crippen molar-refractivity contribution in [2.75, 3.05) is 0 Å². The highest BCUT2D eigenvalue weighted by molar-refractivity contribution is 7.97. The lowest BCUT2D eigenvalue weighted by molar-refractivity contribution is -0.382. The molecule has 0 aliphatic carbocycles. The molecule has 43 heavy (non-hydrogen) atoms. The van der Waals surface area contributed by atoms with Gasteiger partial charge in [-0.3, -0.25) is 0 Å². The predicted molar refractivity (Wildman–Crippen MR) is 138 cm³/mol. The van der Waals surface area contributed by atoms with Crippen LogP contribution in [0.4, 0.5) is 39.5 Å². The third-order valence-corrected chi connectivity index (χ3v) is 8.87. The molecular formula is C27H19F9O5S2. The molecular weight excluding hydrogens is 639 g/mol. The van der Waals surface area contributed by atoms with E-state index in [1.807, 2.05) is 12.1 Å². The Morgan fingerprint density at radius 3 is 1.49 bits per heavy atom. The highest BCUT2D eigenvalue weighted by Gasteiger charge is 2.83. The molecule has 16 heteroatoms. The molecule has 5 nitrogen and oxygen atoms in total. The van der Waals surface area contributed by atoms with E-state index >= 15 is 0 Å². The maximum absolute atomic E-state index is 12.2. The van der Waals surface area contributed by atoms with Gasteiger partial charge >= 0.3 is 28.9 Å². The van der Waals surface area contributed by atoms with Crippen molar-refractivity contribution in [3.05, 3.63) is 100 Å². The van der Waals surface area contributed by atoms with Crippen LogP contribution >= 0.6 is 0 Å². The third-order valence-electron chi connectivity index (χ3n) is 5.77. The summed E-state index contributed by atoms with van der Waals surface area (Å²) < 4.78 is 141. The fourth-order valence-electron chi connectivity index (χ4n) is 3.44. The highest BCUT2D eigenvalue weighted by atomic mass is 32.2. The summed E-state index contributed by atoms with van der Waals surface area (Å²) >= 11 is 0. The van der Waals surface area contributed by atoms with Crippen LogP contribution in [0.2, 0.25) is 0 Å². The zero-order chi connectivity index (χ0) is 32.6. The molecule has 0 bridgehead atoms. The van der Waals surface area contributed by atoms with Crippen molar-refractivity contribution in [1.29, 1.82) is 0 Å². The van der Waals surface area contributed by atoms with Gasteiger partial charge in [0, 0.05) is 17.5 Å². The second-order valence-corrected chi connectivity index (χ2v) is 12.5. The summed E-state index contributed by atoms with van der Waals surface area (Å²) in [4.78, 5) is 15.2. The summed E-state index contributed by atoms with van der Waals surface area (Å²) in [6.45, 7) is 4.19. The number of fused-ring (bicyclic) bond motifs is 1. The number of alkyl halides is 9. The van der Waals surface area contributed by atoms with Gasteiger partial charge in [-0.2, -0.15) is 39.5 Å². The van der Waals surface area contributed by atoms with Gasteiger partial charge in [0.25, 0.3) is 0 Å². The van der Waals surface area contributed by atoms with Gasteiger partial charge in [-0.1, -0.05) is 35.4 Å². The Morgan fingerprint density at radius 1 is 0.651 bits per heavy atom. The van der Waals surface area contributed by atoms with Crippen LogP contribution in [0.3, 0.4) is 0 Å². The van der Waals surface area contributed by atoms with Crippen LogP contribution in [0.15, 0.2) is 103 Å². The van der Waals surface area contributed by atoms with Crippen molar-refractivity contribution in [2.45, 2.75) is 51.8 Å². The molecule has 0 aliphatic rings. The molecule has 3 aromatic carbocycles. The Hall–Kier alpha value is -3.50. The van der Waals surface area contributed by atoms with E-state index < -0.39 is 33.4 Å². The molecule has 0 atom stereocenters. The van der Waals surface area contributed by atoms with Gasteiger partial charge in [-0.15, -0.1) is 0 Å². The summed E-state index contributed by atoms with van der Waals surface area (Å²) in [7, 11) is -7.67. The molecule has 4 rings (SSSR count). The van der Waals surface area contributed by atoms with E-state index in [1.54, 1.807) is 6.07 Å². The monoisotopic (exact) mass is 658 g/mol. The molecule has 1 aromatic heterocycles. The first-order chi connectivity index (χ1) is 19.6. The van der Waals surface area contributed by atoms with Gasteiger partial charge in [0.1, 0.15) is 5.58 Å². The van der Waals surface area contributed by atoms with Gasteiger partial charge in [-0.05, 0) is 56.3 Å². The molecule has 1 heterocycles. The van der Waals surface area contributed by atoms with Crippen LogP contribution in [0.25, 0.3) is 11.0 Å². The number of benzene rings is 3. The first kappa shape index (κ1) is 34.0. The number of halogens is 9. The topological polar surface area (TPSA) is 87.4 Å². The quantitative estimate of drug-likeness (QED) is 0.0929. The lowest BCUT2D eigenvalue weighted by Crippen LogP contribution is -2.63. The van der Waals surface area contributed by atoms with Crippen molar-refractivity contribution in [2.24, 2.45) is 0 Å². The summed E-state index contributed by atoms with van der Waals surface area (Å²) in [5.41, 5.74) is 2.79. The van der Waals surface area contributed by atoms with Crippen molar-refractivity contribution < 1.29 is 56.9 Å². The van der Waals surface area contributed by atoms with Crippen LogP contribution in [0, 0.1) is 13.8 Å². The lowest BCUT2D eigenvalue weighted by atomic mass is 10.1. The summed E-state index contributed by atoms with van der Waals surface area (Å²) in [6.07, 6.45) is -7.16. The van der Waals surface area contributed by atoms with E-state index in [1.165, 1.54) is 27.0 Å². The minimum atomic E-state index is -7.43. The third kappa shape index (κ3) is 6.86. The number of hydrogen-bond donors (Lipinski definition) is 0. The van der Waals surface area contributed by atoms with E-state index in [2.05, 4.69) is 68.4 Å². The molecule has 0 spiro atoms. The SMILES string of the molecule is Cc1ccc([S+](c2ccc(C)cc2)c2ccc3ccc(=O)oc3c2)cc1.O=S(=O)([O-])C(F)(F)C(F)(F)C(F)(F)C(F)(F)F. The lowest BCUT2D eigenvalue weighted by Gasteiger charge is -2.34. The average molecular weight is 659 g/mol. The molecule has 0 amide bonds. The molecule has 0 radical (unpaired) electrons. The molecule has 0 fully saturated rings. The summed E-state index contributed by atoms with van der Waals surface area (Å²) in [6, 6.07) is 26.7. The van der Waals surface area contributed by atoms with E-state index in [0.29, 0.717) is 5.58 Å². The van der Waals surface area contributed by atoms with Crippen LogP contribution < -0.4 is 5.63 Å². The van der Waals surface area contributed by atoms with Crippen LogP contribution in [-0.2, 0) is 21.0 Å². The van der Waals surface area contributed by atoms with Crippen molar-refractivity contribution in [3.8, 4) is 0 Å². The largest absolute Gasteiger partial charge is 0.743 e. The second-order valence-electron chi connectivity index (χ2n) is 9.00. The zero-order valence-corrected chi connectivity index (χ0v) is 23.4. The standard InChI is InChI=1S/C23H19O2S.C4HF9O3S/c1-16-3-9-19(10-4-16)26(20-11-5-17(2)6-12-20)21-13-7-18-8-14-23(24)25-22(18)15-21;5-1(6,3(9,10)11)2(7,8)4(12,13)17(14,15)16/h3-15H,1-2H3;(H,14,15,16)/q+1;/p-1. The van der Waals surface area contributed by atoms with Crippen molar-refractivity contribution >= 4 is 32.0 Å². The molecule has 0 unspecified atom stereocenters. The van der Waals surface area contributed by atoms with E-state index in [9.17, 15) is 57.3 Å². The van der Waals surface area contributed by atoms with Crippen molar-refractivity contribution in [1.82, 2.24) is 0 Å². The fourth-order valence-corrected chi connectivity index (χ4v) is 5.95. The van der Waals surface area contributed by atoms with Crippen LogP contribution in [-0.4, -0.2) is 36.2 Å². The Bertz CT molecular complexity index is 1710. The first-order valence-corrected chi connectivity index (χ1v) is 14.3. The first-order valence-electron chi connectivity index (χ1n) is 11.7. The predicted octanol–water partition coefficient (Wildman–Crippen LogP) is 7.46. The Kier molecular flexibility index (Phi) is 9.39. The van der Waals surface area contributed by atoms with E-state index in [4.69, 9.17) is 4.42 Å². The van der Waals surface area contributed by atoms with Gasteiger partial charge in [-0.25, -0.2) is 13.2 Å².